The van der Waals surface area contributed by atoms with E-state index < -0.39 is 60.8 Å². The summed E-state index contributed by atoms with van der Waals surface area (Å²) < 4.78 is 11.4. The molecule has 1 aromatic carbocycles. The molecule has 218 valence electrons. The average Bonchev–Trinajstić information content (AvgIpc) is 2.94. The third kappa shape index (κ3) is 7.55. The molecule has 41 heavy (non-hydrogen) atoms. The molecule has 2 aromatic rings. The number of thioether (sulfide) groups is 1. The van der Waals surface area contributed by atoms with E-state index in [-0.39, 0.29) is 18.0 Å². The highest BCUT2D eigenvalue weighted by Gasteiger charge is 2.48. The van der Waals surface area contributed by atoms with E-state index in [4.69, 9.17) is 9.31 Å². The minimum Gasteiger partial charge on any atom is -0.498 e. The summed E-state index contributed by atoms with van der Waals surface area (Å²) in [6, 6.07) is 12.0. The first kappa shape index (κ1) is 30.7. The molecule has 12 heteroatoms. The van der Waals surface area contributed by atoms with Crippen LogP contribution in [0.4, 0.5) is 0 Å². The molecule has 1 aromatic heterocycles. The third-order valence-electron chi connectivity index (χ3n) is 7.33. The van der Waals surface area contributed by atoms with Crippen LogP contribution in [0.2, 0.25) is 5.82 Å². The van der Waals surface area contributed by atoms with Gasteiger partial charge in [0.2, 0.25) is 0 Å². The zero-order chi connectivity index (χ0) is 29.7. The number of carbonyl (C=O) groups is 4. The molecule has 2 saturated heterocycles. The summed E-state index contributed by atoms with van der Waals surface area (Å²) in [6.07, 6.45) is -0.981. The van der Waals surface area contributed by atoms with E-state index in [1.54, 1.807) is 24.1 Å². The largest absolute Gasteiger partial charge is 0.602 e. The minimum atomic E-state index is -1.25. The maximum absolute atomic E-state index is 13.6. The molecule has 2 aliphatic heterocycles. The summed E-state index contributed by atoms with van der Waals surface area (Å²) in [5.41, 5.74) is 1.52. The molecule has 0 aliphatic carbocycles. The van der Waals surface area contributed by atoms with Gasteiger partial charge in [0.25, 0.3) is 5.91 Å². The molecule has 2 N–H and O–H groups in total. The van der Waals surface area contributed by atoms with Crippen LogP contribution in [0.1, 0.15) is 44.1 Å². The number of aliphatic hydroxyl groups is 1. The van der Waals surface area contributed by atoms with Gasteiger partial charge in [-0.05, 0) is 38.4 Å². The monoisotopic (exact) mass is 581 g/mol. The quantitative estimate of drug-likeness (QED) is 0.403. The number of amides is 1. The molecule has 0 spiro atoms. The molecule has 0 saturated carbocycles. The van der Waals surface area contributed by atoms with Gasteiger partial charge in [-0.25, -0.2) is 4.98 Å². The van der Waals surface area contributed by atoms with Crippen LogP contribution in [-0.4, -0.2) is 88.5 Å². The normalized spacial score (nSPS) is 21.7. The van der Waals surface area contributed by atoms with E-state index in [1.165, 1.54) is 24.8 Å². The number of hydrogen-bond donors (Lipinski definition) is 2. The van der Waals surface area contributed by atoms with Crippen molar-refractivity contribution in [2.24, 2.45) is 5.92 Å². The molecule has 3 heterocycles. The third-order valence-corrected chi connectivity index (χ3v) is 8.44. The Morgan fingerprint density at radius 3 is 2.27 bits per heavy atom. The van der Waals surface area contributed by atoms with Crippen LogP contribution in [0.5, 0.6) is 0 Å². The SMILES string of the molecule is CC(C)C[C@H](CC(=O)[C@@H](NC(=O)c1cccc(-c2ccccc2)n1)[C@@H](C)O)B1OC(=O)[C@H]2CSC[C@@H](C(=O)O1)N2C. The van der Waals surface area contributed by atoms with E-state index in [9.17, 15) is 24.3 Å². The number of nitrogens with one attached hydrogen (secondary N) is 1. The number of rotatable bonds is 10. The van der Waals surface area contributed by atoms with E-state index >= 15 is 0 Å². The van der Waals surface area contributed by atoms with Gasteiger partial charge in [-0.15, -0.1) is 0 Å². The molecule has 2 aliphatic rings. The second-order valence-electron chi connectivity index (χ2n) is 11.0. The van der Waals surface area contributed by atoms with Gasteiger partial charge in [-0.1, -0.05) is 50.2 Å². The summed E-state index contributed by atoms with van der Waals surface area (Å²) in [7, 11) is 0.450. The van der Waals surface area contributed by atoms with Crippen molar-refractivity contribution in [3.63, 3.8) is 0 Å². The molecule has 2 fully saturated rings. The average molecular weight is 582 g/mol. The van der Waals surface area contributed by atoms with Gasteiger partial charge in [0.1, 0.15) is 23.8 Å². The van der Waals surface area contributed by atoms with E-state index in [0.717, 1.165) is 5.56 Å². The number of pyridine rings is 1. The number of aromatic nitrogens is 1. The first-order valence-corrected chi connectivity index (χ1v) is 15.0. The lowest BCUT2D eigenvalue weighted by Gasteiger charge is -2.40. The van der Waals surface area contributed by atoms with Crippen molar-refractivity contribution < 1.29 is 33.6 Å². The molecule has 1 amide bonds. The van der Waals surface area contributed by atoms with Gasteiger partial charge in [-0.3, -0.25) is 24.1 Å². The number of carbonyl (C=O) groups excluding carboxylic acids is 4. The highest BCUT2D eigenvalue weighted by molar-refractivity contribution is 7.99. The molecular weight excluding hydrogens is 545 g/mol. The van der Waals surface area contributed by atoms with Crippen molar-refractivity contribution in [1.29, 1.82) is 0 Å². The van der Waals surface area contributed by atoms with Crippen molar-refractivity contribution in [2.45, 2.75) is 63.7 Å². The molecular formula is C29H36BN3O7S. The van der Waals surface area contributed by atoms with Crippen LogP contribution in [0, 0.1) is 5.92 Å². The standard InChI is InChI=1S/C29H36BN3O7S/c1-17(2)13-20(30-39-28(37)23-15-41-16-24(33(23)4)29(38)40-30)14-25(35)26(18(3)34)32-27(36)22-12-8-11-21(31-22)19-9-6-5-7-10-19/h5-12,17-18,20,23-24,26,34H,13-16H2,1-4H3,(H,32,36)/t18-,20-,23-,24+,26+/m1/s1. The Morgan fingerprint density at radius 2 is 1.68 bits per heavy atom. The minimum absolute atomic E-state index is 0.0814. The predicted octanol–water partition coefficient (Wildman–Crippen LogP) is 2.61. The summed E-state index contributed by atoms with van der Waals surface area (Å²) in [5, 5.41) is 13.1. The number of Topliss-reactive ketones (excluding diaryl/α,β-unsaturated/α-hetero) is 1. The molecule has 10 nitrogen and oxygen atoms in total. The van der Waals surface area contributed by atoms with Crippen molar-refractivity contribution in [3.8, 4) is 11.3 Å². The summed E-state index contributed by atoms with van der Waals surface area (Å²) in [4.78, 5) is 58.8. The van der Waals surface area contributed by atoms with Gasteiger partial charge in [0.05, 0.1) is 11.8 Å². The lowest BCUT2D eigenvalue weighted by molar-refractivity contribution is -0.153. The first-order chi connectivity index (χ1) is 19.5. The zero-order valence-corrected chi connectivity index (χ0v) is 24.5. The fourth-order valence-corrected chi connectivity index (χ4v) is 6.44. The topological polar surface area (TPSA) is 135 Å². The maximum atomic E-state index is 13.6. The van der Waals surface area contributed by atoms with Gasteiger partial charge in [0.15, 0.2) is 5.78 Å². The summed E-state index contributed by atoms with van der Waals surface area (Å²) in [5.74, 6) is -1.69. The number of likely N-dealkylation sites (N-methyl/N-ethyl adjacent to an activating group) is 1. The maximum Gasteiger partial charge on any atom is 0.602 e. The Balaban J connectivity index is 1.51. The van der Waals surface area contributed by atoms with Crippen LogP contribution in [0.25, 0.3) is 11.3 Å². The van der Waals surface area contributed by atoms with Crippen LogP contribution < -0.4 is 5.32 Å². The molecule has 2 bridgehead atoms. The van der Waals surface area contributed by atoms with E-state index in [1.807, 2.05) is 44.2 Å². The summed E-state index contributed by atoms with van der Waals surface area (Å²) in [6.45, 7) is 5.31. The molecule has 0 radical (unpaired) electrons. The molecule has 4 rings (SSSR count). The Bertz CT molecular complexity index is 1240. The Kier molecular flexibility index (Phi) is 10.2. The van der Waals surface area contributed by atoms with E-state index in [0.29, 0.717) is 23.6 Å². The number of benzene rings is 1. The van der Waals surface area contributed by atoms with Gasteiger partial charge in [0, 0.05) is 29.3 Å². The Labute approximate surface area is 244 Å². The van der Waals surface area contributed by atoms with Crippen LogP contribution in [0.15, 0.2) is 48.5 Å². The lowest BCUT2D eigenvalue weighted by Crippen LogP contribution is -2.59. The second-order valence-corrected chi connectivity index (χ2v) is 12.1. The predicted molar refractivity (Wildman–Crippen MR) is 156 cm³/mol. The fourth-order valence-electron chi connectivity index (χ4n) is 5.11. The van der Waals surface area contributed by atoms with Crippen molar-refractivity contribution in [3.05, 3.63) is 54.2 Å². The highest BCUT2D eigenvalue weighted by atomic mass is 32.2. The fraction of sp³-hybridized carbons (Fsp3) is 0.483. The molecule has 5 atom stereocenters. The number of ketones is 1. The van der Waals surface area contributed by atoms with Crippen LogP contribution >= 0.6 is 11.8 Å². The number of fused-ring (bicyclic) bond motifs is 2. The second kappa shape index (κ2) is 13.6. The highest BCUT2D eigenvalue weighted by Crippen LogP contribution is 2.32. The number of aliphatic hydroxyl groups excluding tert-OH is 1. The number of nitrogens with zero attached hydrogens (tertiary/aromatic N) is 2. The van der Waals surface area contributed by atoms with Gasteiger partial charge < -0.3 is 19.7 Å². The smallest absolute Gasteiger partial charge is 0.498 e. The molecule has 0 unspecified atom stereocenters. The van der Waals surface area contributed by atoms with Crippen LogP contribution in [0.3, 0.4) is 0 Å². The number of hydrogen-bond acceptors (Lipinski definition) is 10. The van der Waals surface area contributed by atoms with Crippen molar-refractivity contribution >= 4 is 42.5 Å². The summed E-state index contributed by atoms with van der Waals surface area (Å²) >= 11 is 1.49. The first-order valence-electron chi connectivity index (χ1n) is 13.8. The van der Waals surface area contributed by atoms with Gasteiger partial charge >= 0.3 is 19.1 Å². The Morgan fingerprint density at radius 1 is 1.05 bits per heavy atom. The van der Waals surface area contributed by atoms with E-state index in [2.05, 4.69) is 10.3 Å². The van der Waals surface area contributed by atoms with Gasteiger partial charge in [-0.2, -0.15) is 11.8 Å². The Hall–Kier alpha value is -3.22. The zero-order valence-electron chi connectivity index (χ0n) is 23.7. The van der Waals surface area contributed by atoms with Crippen molar-refractivity contribution in [2.75, 3.05) is 18.6 Å². The van der Waals surface area contributed by atoms with Crippen molar-refractivity contribution in [1.82, 2.24) is 15.2 Å². The van der Waals surface area contributed by atoms with Crippen LogP contribution in [-0.2, 0) is 23.7 Å². The lowest BCUT2D eigenvalue weighted by atomic mass is 9.64.